The molecule has 110 valence electrons. The van der Waals surface area contributed by atoms with Crippen LogP contribution in [0.3, 0.4) is 0 Å². The molecular weight excluding hydrogens is 305 g/mol. The lowest BCUT2D eigenvalue weighted by atomic mass is 10.1. The number of amides is 1. The highest BCUT2D eigenvalue weighted by Gasteiger charge is 2.34. The van der Waals surface area contributed by atoms with Crippen LogP contribution in [0, 0.1) is 19.8 Å². The van der Waals surface area contributed by atoms with Crippen LogP contribution in [0.25, 0.3) is 0 Å². The topological polar surface area (TPSA) is 54.5 Å². The van der Waals surface area contributed by atoms with Crippen LogP contribution in [-0.4, -0.2) is 26.6 Å². The van der Waals surface area contributed by atoms with E-state index in [4.69, 9.17) is 11.6 Å². The Kier molecular flexibility index (Phi) is 4.07. The molecule has 0 radical (unpaired) electrons. The van der Waals surface area contributed by atoms with Gasteiger partial charge in [-0.15, -0.1) is 3.89 Å². The molecule has 1 amide bonds. The average Bonchev–Trinajstić information content (AvgIpc) is 2.62. The first kappa shape index (κ1) is 15.3. The highest BCUT2D eigenvalue weighted by atomic mass is 35.5. The fraction of sp³-hybridized carbons (Fsp3) is 0.462. The molecule has 1 aliphatic rings. The predicted octanol–water partition coefficient (Wildman–Crippen LogP) is 2.61. The first-order valence-electron chi connectivity index (χ1n) is 6.17. The highest BCUT2D eigenvalue weighted by Crippen LogP contribution is 2.33. The number of anilines is 1. The minimum atomic E-state index is -4.57. The van der Waals surface area contributed by atoms with Crippen LogP contribution in [-0.2, 0) is 15.0 Å². The number of hydrogen-bond acceptors (Lipinski definition) is 3. The molecule has 1 aliphatic heterocycles. The molecule has 2 rings (SSSR count). The zero-order valence-corrected chi connectivity index (χ0v) is 12.8. The summed E-state index contributed by atoms with van der Waals surface area (Å²) in [4.78, 5) is 13.4. The quantitative estimate of drug-likeness (QED) is 0.805. The molecule has 0 bridgehead atoms. The molecule has 7 heteroatoms. The maximum absolute atomic E-state index is 12.7. The van der Waals surface area contributed by atoms with Gasteiger partial charge in [-0.2, -0.15) is 8.42 Å². The number of rotatable bonds is 3. The van der Waals surface area contributed by atoms with Crippen molar-refractivity contribution in [2.75, 3.05) is 17.2 Å². The van der Waals surface area contributed by atoms with Gasteiger partial charge in [-0.25, -0.2) is 0 Å². The lowest BCUT2D eigenvalue weighted by Gasteiger charge is -2.19. The van der Waals surface area contributed by atoms with E-state index in [1.807, 2.05) is 13.8 Å². The van der Waals surface area contributed by atoms with E-state index in [0.29, 0.717) is 10.7 Å². The maximum Gasteiger partial charge on any atom is 0.302 e. The Morgan fingerprint density at radius 1 is 1.35 bits per heavy atom. The van der Waals surface area contributed by atoms with Gasteiger partial charge in [0.05, 0.1) is 16.5 Å². The summed E-state index contributed by atoms with van der Waals surface area (Å²) in [6, 6.07) is 3.56. The number of benzene rings is 1. The molecule has 1 aromatic carbocycles. The van der Waals surface area contributed by atoms with Crippen molar-refractivity contribution in [3.05, 3.63) is 28.3 Å². The zero-order chi connectivity index (χ0) is 15.1. The number of carbonyl (C=O) groups excluding carboxylic acids is 1. The zero-order valence-electron chi connectivity index (χ0n) is 11.2. The van der Waals surface area contributed by atoms with Crippen molar-refractivity contribution < 1.29 is 17.1 Å². The molecule has 1 aromatic rings. The lowest BCUT2D eigenvalue weighted by Crippen LogP contribution is -2.25. The third kappa shape index (κ3) is 3.30. The summed E-state index contributed by atoms with van der Waals surface area (Å²) in [7, 11) is -4.57. The van der Waals surface area contributed by atoms with Gasteiger partial charge >= 0.3 is 10.2 Å². The molecule has 0 aromatic heterocycles. The summed E-state index contributed by atoms with van der Waals surface area (Å²) in [5.41, 5.74) is 2.55. The van der Waals surface area contributed by atoms with E-state index in [0.717, 1.165) is 11.1 Å². The van der Waals surface area contributed by atoms with E-state index in [-0.39, 0.29) is 18.9 Å². The van der Waals surface area contributed by atoms with Gasteiger partial charge in [-0.05, 0) is 37.1 Å². The average molecular weight is 320 g/mol. The first-order valence-corrected chi connectivity index (χ1v) is 8.10. The second-order valence-electron chi connectivity index (χ2n) is 5.17. The van der Waals surface area contributed by atoms with Crippen molar-refractivity contribution in [2.45, 2.75) is 20.3 Å². The van der Waals surface area contributed by atoms with Gasteiger partial charge in [-0.1, -0.05) is 11.6 Å². The summed E-state index contributed by atoms with van der Waals surface area (Å²) in [6.07, 6.45) is 0.0202. The number of hydrogen-bond donors (Lipinski definition) is 0. The molecule has 1 saturated heterocycles. The minimum Gasteiger partial charge on any atom is -0.311 e. The smallest absolute Gasteiger partial charge is 0.302 e. The molecule has 1 fully saturated rings. The number of nitrogens with zero attached hydrogens (tertiary/aromatic N) is 1. The standard InChI is InChI=1S/C13H15ClFNO3S/c1-8-3-11(14)12(4-9(8)2)16-6-10(5-13(16)17)7-20(15,18)19/h3-4,10H,5-7H2,1-2H3. The maximum atomic E-state index is 12.7. The number of halogens is 2. The normalized spacial score (nSPS) is 19.7. The van der Waals surface area contributed by atoms with E-state index in [2.05, 4.69) is 0 Å². The van der Waals surface area contributed by atoms with Crippen LogP contribution in [0.4, 0.5) is 9.57 Å². The molecule has 1 heterocycles. The highest BCUT2D eigenvalue weighted by molar-refractivity contribution is 7.86. The summed E-state index contributed by atoms with van der Waals surface area (Å²) in [5, 5.41) is 0.435. The van der Waals surface area contributed by atoms with Gasteiger partial charge in [0.1, 0.15) is 0 Å². The molecule has 0 N–H and O–H groups in total. The molecule has 4 nitrogen and oxygen atoms in total. The van der Waals surface area contributed by atoms with Crippen LogP contribution in [0.5, 0.6) is 0 Å². The van der Waals surface area contributed by atoms with E-state index in [1.165, 1.54) is 4.90 Å². The van der Waals surface area contributed by atoms with E-state index < -0.39 is 21.9 Å². The Bertz CT molecular complexity index is 660. The summed E-state index contributed by atoms with van der Waals surface area (Å²) in [5.74, 6) is -1.39. The molecule has 0 spiro atoms. The van der Waals surface area contributed by atoms with E-state index >= 15 is 0 Å². The van der Waals surface area contributed by atoms with Crippen molar-refractivity contribution in [1.29, 1.82) is 0 Å². The number of aryl methyl sites for hydroxylation is 2. The monoisotopic (exact) mass is 319 g/mol. The van der Waals surface area contributed by atoms with Gasteiger partial charge in [0.15, 0.2) is 0 Å². The third-order valence-electron chi connectivity index (χ3n) is 3.49. The van der Waals surface area contributed by atoms with Crippen LogP contribution in [0.1, 0.15) is 17.5 Å². The fourth-order valence-corrected chi connectivity index (χ4v) is 3.49. The Morgan fingerprint density at radius 2 is 1.95 bits per heavy atom. The van der Waals surface area contributed by atoms with E-state index in [1.54, 1.807) is 12.1 Å². The van der Waals surface area contributed by atoms with Crippen molar-refractivity contribution >= 4 is 33.4 Å². The van der Waals surface area contributed by atoms with Crippen molar-refractivity contribution in [2.24, 2.45) is 5.92 Å². The van der Waals surface area contributed by atoms with Crippen molar-refractivity contribution in [1.82, 2.24) is 0 Å². The van der Waals surface area contributed by atoms with Crippen LogP contribution in [0.2, 0.25) is 5.02 Å². The van der Waals surface area contributed by atoms with Crippen molar-refractivity contribution in [3.63, 3.8) is 0 Å². The molecule has 0 saturated carbocycles. The van der Waals surface area contributed by atoms with Gasteiger partial charge in [0.2, 0.25) is 5.91 Å². The largest absolute Gasteiger partial charge is 0.311 e. The van der Waals surface area contributed by atoms with Crippen LogP contribution < -0.4 is 4.90 Å². The minimum absolute atomic E-state index is 0.0202. The second-order valence-corrected chi connectivity index (χ2v) is 6.99. The van der Waals surface area contributed by atoms with Crippen LogP contribution >= 0.6 is 11.6 Å². The Labute approximate surface area is 122 Å². The van der Waals surface area contributed by atoms with Crippen molar-refractivity contribution in [3.8, 4) is 0 Å². The van der Waals surface area contributed by atoms with E-state index in [9.17, 15) is 17.1 Å². The van der Waals surface area contributed by atoms with Gasteiger partial charge < -0.3 is 4.90 Å². The fourth-order valence-electron chi connectivity index (χ4n) is 2.38. The summed E-state index contributed by atoms with van der Waals surface area (Å²) in [6.45, 7) is 3.98. The second kappa shape index (κ2) is 5.33. The first-order chi connectivity index (χ1) is 9.17. The summed E-state index contributed by atoms with van der Waals surface area (Å²) < 4.78 is 34.1. The number of carbonyl (C=O) groups is 1. The molecular formula is C13H15ClFNO3S. The predicted molar refractivity (Wildman–Crippen MR) is 76.3 cm³/mol. The molecule has 1 unspecified atom stereocenters. The SMILES string of the molecule is Cc1cc(Cl)c(N2CC(CS(=O)(=O)F)CC2=O)cc1C. The van der Waals surface area contributed by atoms with Crippen LogP contribution in [0.15, 0.2) is 12.1 Å². The molecule has 0 aliphatic carbocycles. The summed E-state index contributed by atoms with van der Waals surface area (Å²) >= 11 is 6.14. The lowest BCUT2D eigenvalue weighted by molar-refractivity contribution is -0.117. The van der Waals surface area contributed by atoms with Gasteiger partial charge in [0.25, 0.3) is 0 Å². The molecule has 20 heavy (non-hydrogen) atoms. The Morgan fingerprint density at radius 3 is 2.55 bits per heavy atom. The Hall–Kier alpha value is -1.14. The Balaban J connectivity index is 2.26. The third-order valence-corrected chi connectivity index (χ3v) is 4.67. The van der Waals surface area contributed by atoms with Gasteiger partial charge in [0, 0.05) is 18.9 Å². The molecule has 1 atom stereocenters. The van der Waals surface area contributed by atoms with Gasteiger partial charge in [-0.3, -0.25) is 4.79 Å².